The molecule has 0 spiro atoms. The van der Waals surface area contributed by atoms with E-state index in [1.165, 1.54) is 0 Å². The van der Waals surface area contributed by atoms with Crippen LogP contribution in [0.1, 0.15) is 19.8 Å². The zero-order chi connectivity index (χ0) is 8.27. The Balaban J connectivity index is 2.39. The van der Waals surface area contributed by atoms with Gasteiger partial charge in [-0.15, -0.1) is 0 Å². The average Bonchev–Trinajstić information content (AvgIpc) is 2.36. The van der Waals surface area contributed by atoms with Crippen LogP contribution in [0.4, 0.5) is 0 Å². The smallest absolute Gasteiger partial charge is 0.0961 e. The standard InChI is InChI=1S/C8H16N2O/c1-7(6-11-2)10-5-3-4-8(10)9/h7,9H,3-6H2,1-2H3. The number of hydrogen-bond acceptors (Lipinski definition) is 2. The number of nitrogens with one attached hydrogen (secondary N) is 1. The molecule has 0 aliphatic carbocycles. The summed E-state index contributed by atoms with van der Waals surface area (Å²) in [5.74, 6) is 0.773. The van der Waals surface area contributed by atoms with Gasteiger partial charge in [0.2, 0.25) is 0 Å². The summed E-state index contributed by atoms with van der Waals surface area (Å²) in [7, 11) is 1.70. The van der Waals surface area contributed by atoms with Crippen LogP contribution in [0, 0.1) is 5.41 Å². The second kappa shape index (κ2) is 3.72. The van der Waals surface area contributed by atoms with Crippen LogP contribution in [0.2, 0.25) is 0 Å². The third-order valence-corrected chi connectivity index (χ3v) is 2.10. The number of hydrogen-bond donors (Lipinski definition) is 1. The molecule has 0 amide bonds. The fourth-order valence-corrected chi connectivity index (χ4v) is 1.51. The van der Waals surface area contributed by atoms with E-state index in [2.05, 4.69) is 11.8 Å². The first kappa shape index (κ1) is 8.53. The normalized spacial score (nSPS) is 20.9. The molecule has 1 fully saturated rings. The fraction of sp³-hybridized carbons (Fsp3) is 0.875. The molecule has 0 radical (unpaired) electrons. The van der Waals surface area contributed by atoms with Crippen LogP contribution in [0.3, 0.4) is 0 Å². The Morgan fingerprint density at radius 1 is 1.73 bits per heavy atom. The van der Waals surface area contributed by atoms with Crippen LogP contribution in [0.5, 0.6) is 0 Å². The van der Waals surface area contributed by atoms with Gasteiger partial charge in [-0.2, -0.15) is 0 Å². The molecule has 1 aliphatic heterocycles. The Bertz CT molecular complexity index is 147. The van der Waals surface area contributed by atoms with Crippen molar-refractivity contribution in [3.8, 4) is 0 Å². The largest absolute Gasteiger partial charge is 0.383 e. The minimum absolute atomic E-state index is 0.370. The first-order valence-corrected chi connectivity index (χ1v) is 4.08. The fourth-order valence-electron chi connectivity index (χ4n) is 1.51. The monoisotopic (exact) mass is 156 g/mol. The van der Waals surface area contributed by atoms with Gasteiger partial charge in [-0.1, -0.05) is 0 Å². The lowest BCUT2D eigenvalue weighted by Crippen LogP contribution is -2.36. The van der Waals surface area contributed by atoms with Crippen LogP contribution in [0.15, 0.2) is 0 Å². The van der Waals surface area contributed by atoms with E-state index in [0.717, 1.165) is 31.8 Å². The lowest BCUT2D eigenvalue weighted by atomic mass is 10.3. The van der Waals surface area contributed by atoms with Gasteiger partial charge in [-0.25, -0.2) is 0 Å². The molecule has 1 aliphatic rings. The highest BCUT2D eigenvalue weighted by atomic mass is 16.5. The van der Waals surface area contributed by atoms with Crippen molar-refractivity contribution in [2.24, 2.45) is 0 Å². The zero-order valence-electron chi connectivity index (χ0n) is 7.26. The number of likely N-dealkylation sites (tertiary alicyclic amines) is 1. The topological polar surface area (TPSA) is 36.3 Å². The molecule has 1 unspecified atom stereocenters. The third-order valence-electron chi connectivity index (χ3n) is 2.10. The number of amidine groups is 1. The van der Waals surface area contributed by atoms with Crippen molar-refractivity contribution in [3.63, 3.8) is 0 Å². The van der Waals surface area contributed by atoms with E-state index >= 15 is 0 Å². The van der Waals surface area contributed by atoms with E-state index in [0.29, 0.717) is 6.04 Å². The van der Waals surface area contributed by atoms with E-state index in [4.69, 9.17) is 10.1 Å². The molecule has 3 heteroatoms. The van der Waals surface area contributed by atoms with Crippen LogP contribution in [-0.2, 0) is 4.74 Å². The lowest BCUT2D eigenvalue weighted by molar-refractivity contribution is 0.140. The van der Waals surface area contributed by atoms with E-state index in [1.807, 2.05) is 0 Å². The van der Waals surface area contributed by atoms with Crippen LogP contribution < -0.4 is 0 Å². The van der Waals surface area contributed by atoms with Crippen LogP contribution >= 0.6 is 0 Å². The number of methoxy groups -OCH3 is 1. The molecule has 11 heavy (non-hydrogen) atoms. The molecule has 0 aromatic carbocycles. The number of nitrogens with zero attached hydrogens (tertiary/aromatic N) is 1. The van der Waals surface area contributed by atoms with E-state index in [9.17, 15) is 0 Å². The van der Waals surface area contributed by atoms with Gasteiger partial charge in [0.25, 0.3) is 0 Å². The average molecular weight is 156 g/mol. The van der Waals surface area contributed by atoms with E-state index in [-0.39, 0.29) is 0 Å². The van der Waals surface area contributed by atoms with Gasteiger partial charge in [0.15, 0.2) is 0 Å². The molecular formula is C8H16N2O. The summed E-state index contributed by atoms with van der Waals surface area (Å²) in [6, 6.07) is 0.370. The predicted octanol–water partition coefficient (Wildman–Crippen LogP) is 1.09. The minimum Gasteiger partial charge on any atom is -0.383 e. The van der Waals surface area contributed by atoms with Crippen molar-refractivity contribution >= 4 is 5.84 Å². The Morgan fingerprint density at radius 2 is 2.45 bits per heavy atom. The maximum atomic E-state index is 7.59. The summed E-state index contributed by atoms with van der Waals surface area (Å²) in [6.07, 6.45) is 2.07. The first-order valence-electron chi connectivity index (χ1n) is 4.08. The Morgan fingerprint density at radius 3 is 2.91 bits per heavy atom. The second-order valence-corrected chi connectivity index (χ2v) is 3.05. The van der Waals surface area contributed by atoms with Gasteiger partial charge in [0.1, 0.15) is 0 Å². The molecule has 64 valence electrons. The summed E-state index contributed by atoms with van der Waals surface area (Å²) in [6.45, 7) is 3.86. The predicted molar refractivity (Wildman–Crippen MR) is 45.0 cm³/mol. The highest BCUT2D eigenvalue weighted by molar-refractivity contribution is 5.81. The summed E-state index contributed by atoms with van der Waals surface area (Å²) < 4.78 is 5.03. The molecule has 0 aromatic heterocycles. The molecule has 1 rings (SSSR count). The molecule has 0 bridgehead atoms. The van der Waals surface area contributed by atoms with E-state index in [1.54, 1.807) is 7.11 Å². The summed E-state index contributed by atoms with van der Waals surface area (Å²) in [5.41, 5.74) is 0. The highest BCUT2D eigenvalue weighted by Crippen LogP contribution is 2.13. The summed E-state index contributed by atoms with van der Waals surface area (Å²) in [4.78, 5) is 2.11. The van der Waals surface area contributed by atoms with Crippen molar-refractivity contribution in [3.05, 3.63) is 0 Å². The SMILES string of the molecule is COCC(C)N1CCCC1=N. The highest BCUT2D eigenvalue weighted by Gasteiger charge is 2.21. The van der Waals surface area contributed by atoms with Crippen molar-refractivity contribution in [1.82, 2.24) is 4.90 Å². The molecule has 1 heterocycles. The van der Waals surface area contributed by atoms with Gasteiger partial charge in [0, 0.05) is 20.1 Å². The zero-order valence-corrected chi connectivity index (χ0v) is 7.26. The number of rotatable bonds is 3. The van der Waals surface area contributed by atoms with Crippen molar-refractivity contribution in [2.45, 2.75) is 25.8 Å². The molecule has 1 saturated heterocycles. The molecule has 0 saturated carbocycles. The Labute approximate surface area is 67.8 Å². The van der Waals surface area contributed by atoms with Crippen LogP contribution in [-0.4, -0.2) is 37.0 Å². The molecule has 3 nitrogen and oxygen atoms in total. The van der Waals surface area contributed by atoms with Crippen molar-refractivity contribution in [1.29, 1.82) is 5.41 Å². The van der Waals surface area contributed by atoms with Gasteiger partial charge >= 0.3 is 0 Å². The molecule has 1 N–H and O–H groups in total. The number of ether oxygens (including phenoxy) is 1. The molecule has 0 aromatic rings. The molecular weight excluding hydrogens is 140 g/mol. The maximum Gasteiger partial charge on any atom is 0.0961 e. The summed E-state index contributed by atoms with van der Waals surface area (Å²) >= 11 is 0. The lowest BCUT2D eigenvalue weighted by Gasteiger charge is -2.25. The first-order chi connectivity index (χ1) is 5.25. The van der Waals surface area contributed by atoms with Crippen LogP contribution in [0.25, 0.3) is 0 Å². The Hall–Kier alpha value is -0.570. The van der Waals surface area contributed by atoms with Gasteiger partial charge < -0.3 is 9.64 Å². The quantitative estimate of drug-likeness (QED) is 0.664. The third kappa shape index (κ3) is 1.93. The minimum atomic E-state index is 0.370. The van der Waals surface area contributed by atoms with Gasteiger partial charge in [0.05, 0.1) is 18.5 Å². The molecule has 1 atom stereocenters. The van der Waals surface area contributed by atoms with Crippen molar-refractivity contribution in [2.75, 3.05) is 20.3 Å². The van der Waals surface area contributed by atoms with Gasteiger partial charge in [-0.3, -0.25) is 5.41 Å². The van der Waals surface area contributed by atoms with Gasteiger partial charge in [-0.05, 0) is 13.3 Å². The van der Waals surface area contributed by atoms with Crippen molar-refractivity contribution < 1.29 is 4.74 Å². The van der Waals surface area contributed by atoms with E-state index < -0.39 is 0 Å². The summed E-state index contributed by atoms with van der Waals surface area (Å²) in [5, 5.41) is 7.59. The second-order valence-electron chi connectivity index (χ2n) is 3.05. The Kier molecular flexibility index (Phi) is 2.88. The maximum absolute atomic E-state index is 7.59.